The van der Waals surface area contributed by atoms with Gasteiger partial charge in [-0.15, -0.1) is 0 Å². The molecule has 0 saturated heterocycles. The third-order valence-corrected chi connectivity index (χ3v) is 4.52. The third kappa shape index (κ3) is 4.54. The molecule has 1 unspecified atom stereocenters. The largest absolute Gasteiger partial charge is 0.458 e. The van der Waals surface area contributed by atoms with Gasteiger partial charge in [0, 0.05) is 11.3 Å². The molecular weight excluding hydrogens is 340 g/mol. The molecule has 0 amide bonds. The highest BCUT2D eigenvalue weighted by Crippen LogP contribution is 2.26. The quantitative estimate of drug-likeness (QED) is 0.416. The van der Waals surface area contributed by atoms with Crippen LogP contribution in [0.3, 0.4) is 0 Å². The Bertz CT molecular complexity index is 936. The van der Waals surface area contributed by atoms with Gasteiger partial charge in [0.15, 0.2) is 0 Å². The van der Waals surface area contributed by atoms with E-state index >= 15 is 0 Å². The summed E-state index contributed by atoms with van der Waals surface area (Å²) < 4.78 is 51.0. The predicted octanol–water partition coefficient (Wildman–Crippen LogP) is 6.65. The average molecular weight is 358 g/mol. The van der Waals surface area contributed by atoms with Gasteiger partial charge in [-0.2, -0.15) is 13.2 Å². The molecular formula is C22H18F4. The van der Waals surface area contributed by atoms with Gasteiger partial charge in [-0.1, -0.05) is 54.8 Å². The maximum atomic E-state index is 14.4. The lowest BCUT2D eigenvalue weighted by atomic mass is 9.91. The van der Waals surface area contributed by atoms with Gasteiger partial charge in [-0.3, -0.25) is 0 Å². The maximum absolute atomic E-state index is 14.4. The smallest absolute Gasteiger partial charge is 0.205 e. The van der Waals surface area contributed by atoms with Crippen LogP contribution in [-0.2, 0) is 0 Å². The van der Waals surface area contributed by atoms with Gasteiger partial charge in [0.1, 0.15) is 5.82 Å². The Morgan fingerprint density at radius 3 is 2.62 bits per heavy atom. The number of benzene rings is 2. The Hall–Kier alpha value is -2.54. The fraction of sp³-hybridized carbons (Fsp3) is 0.273. The van der Waals surface area contributed by atoms with Gasteiger partial charge in [0.05, 0.1) is 5.56 Å². The first-order chi connectivity index (χ1) is 12.3. The summed E-state index contributed by atoms with van der Waals surface area (Å²) in [6, 6.07) is 8.05. The molecule has 134 valence electrons. The molecule has 1 atom stereocenters. The number of hydrogen-bond acceptors (Lipinski definition) is 0. The van der Waals surface area contributed by atoms with Crippen LogP contribution in [0.4, 0.5) is 17.6 Å². The second kappa shape index (κ2) is 7.37. The van der Waals surface area contributed by atoms with Crippen LogP contribution in [0.25, 0.3) is 16.8 Å². The van der Waals surface area contributed by atoms with E-state index in [1.54, 1.807) is 18.2 Å². The van der Waals surface area contributed by atoms with Crippen molar-refractivity contribution in [2.45, 2.75) is 32.4 Å². The van der Waals surface area contributed by atoms with Crippen LogP contribution in [0.15, 0.2) is 48.1 Å². The highest BCUT2D eigenvalue weighted by atomic mass is 19.4. The molecule has 0 heterocycles. The second-order valence-corrected chi connectivity index (χ2v) is 6.65. The minimum absolute atomic E-state index is 0.250. The number of fused-ring (bicyclic) bond motifs is 1. The van der Waals surface area contributed by atoms with E-state index in [2.05, 4.69) is 19.1 Å². The fourth-order valence-electron chi connectivity index (χ4n) is 2.99. The van der Waals surface area contributed by atoms with Crippen LogP contribution in [0, 0.1) is 23.6 Å². The van der Waals surface area contributed by atoms with Crippen molar-refractivity contribution in [3.05, 3.63) is 65.0 Å². The van der Waals surface area contributed by atoms with Crippen molar-refractivity contribution in [2.24, 2.45) is 5.92 Å². The fourth-order valence-corrected chi connectivity index (χ4v) is 2.99. The molecule has 0 bridgehead atoms. The number of rotatable bonds is 2. The van der Waals surface area contributed by atoms with Gasteiger partial charge in [0.2, 0.25) is 0 Å². The Kier molecular flexibility index (Phi) is 5.18. The molecule has 26 heavy (non-hydrogen) atoms. The second-order valence-electron chi connectivity index (χ2n) is 6.65. The predicted molar refractivity (Wildman–Crippen MR) is 97.0 cm³/mol. The molecule has 0 aliphatic heterocycles. The van der Waals surface area contributed by atoms with E-state index in [-0.39, 0.29) is 10.9 Å². The first kappa shape index (κ1) is 18.3. The van der Waals surface area contributed by atoms with E-state index in [9.17, 15) is 17.6 Å². The maximum Gasteiger partial charge on any atom is 0.458 e. The SMILES string of the molecule is CC1CC=C(/C=C/c2ccc3c(F)c(C#CC(F)(F)F)ccc3c2)CC1. The zero-order chi connectivity index (χ0) is 18.7. The topological polar surface area (TPSA) is 0 Å². The van der Waals surface area contributed by atoms with Crippen molar-refractivity contribution >= 4 is 16.8 Å². The molecule has 2 aromatic rings. The summed E-state index contributed by atoms with van der Waals surface area (Å²) in [5.74, 6) is 2.97. The van der Waals surface area contributed by atoms with Crippen LogP contribution in [-0.4, -0.2) is 6.18 Å². The number of allylic oxidation sites excluding steroid dienone is 3. The van der Waals surface area contributed by atoms with Crippen LogP contribution >= 0.6 is 0 Å². The summed E-state index contributed by atoms with van der Waals surface area (Å²) >= 11 is 0. The highest BCUT2D eigenvalue weighted by Gasteiger charge is 2.23. The van der Waals surface area contributed by atoms with Crippen molar-refractivity contribution in [3.63, 3.8) is 0 Å². The Morgan fingerprint density at radius 2 is 1.92 bits per heavy atom. The molecule has 3 rings (SSSR count). The van der Waals surface area contributed by atoms with E-state index in [0.717, 1.165) is 30.2 Å². The Balaban J connectivity index is 1.87. The van der Waals surface area contributed by atoms with Crippen LogP contribution in [0.2, 0.25) is 0 Å². The Morgan fingerprint density at radius 1 is 1.12 bits per heavy atom. The zero-order valence-corrected chi connectivity index (χ0v) is 14.3. The van der Waals surface area contributed by atoms with Gasteiger partial charge >= 0.3 is 6.18 Å². The monoisotopic (exact) mass is 358 g/mol. The van der Waals surface area contributed by atoms with Crippen molar-refractivity contribution in [3.8, 4) is 11.8 Å². The van der Waals surface area contributed by atoms with Crippen molar-refractivity contribution in [2.75, 3.05) is 0 Å². The van der Waals surface area contributed by atoms with Crippen molar-refractivity contribution in [1.29, 1.82) is 0 Å². The summed E-state index contributed by atoms with van der Waals surface area (Å²) in [5, 5.41) is 0.898. The van der Waals surface area contributed by atoms with Gasteiger partial charge in [-0.05, 0) is 48.3 Å². The summed E-state index contributed by atoms with van der Waals surface area (Å²) in [5.41, 5.74) is 1.97. The summed E-state index contributed by atoms with van der Waals surface area (Å²) in [7, 11) is 0. The number of halogens is 4. The molecule has 1 aliphatic rings. The van der Waals surface area contributed by atoms with E-state index in [1.807, 2.05) is 18.1 Å². The van der Waals surface area contributed by atoms with Gasteiger partial charge < -0.3 is 0 Å². The molecule has 2 aromatic carbocycles. The average Bonchev–Trinajstić information content (AvgIpc) is 2.60. The van der Waals surface area contributed by atoms with Gasteiger partial charge in [0.25, 0.3) is 0 Å². The minimum atomic E-state index is -4.64. The highest BCUT2D eigenvalue weighted by molar-refractivity contribution is 5.86. The Labute approximate surface area is 150 Å². The zero-order valence-electron chi connectivity index (χ0n) is 14.3. The van der Waals surface area contributed by atoms with E-state index in [1.165, 1.54) is 18.1 Å². The molecule has 0 radical (unpaired) electrons. The number of alkyl halides is 3. The lowest BCUT2D eigenvalue weighted by Gasteiger charge is -2.15. The number of hydrogen-bond donors (Lipinski definition) is 0. The van der Waals surface area contributed by atoms with Gasteiger partial charge in [-0.25, -0.2) is 4.39 Å². The van der Waals surface area contributed by atoms with Crippen LogP contribution in [0.5, 0.6) is 0 Å². The lowest BCUT2D eigenvalue weighted by molar-refractivity contribution is -0.0696. The summed E-state index contributed by atoms with van der Waals surface area (Å²) in [6.45, 7) is 2.24. The molecule has 0 saturated carbocycles. The standard InChI is InChI=1S/C22H18F4/c1-15-2-4-16(5-3-15)6-7-17-8-11-20-19(14-17)10-9-18(21(20)23)12-13-22(24,25)26/h4,6-11,14-15H,2-3,5H2,1H3/b7-6+. The van der Waals surface area contributed by atoms with Crippen LogP contribution < -0.4 is 0 Å². The normalized spacial score (nSPS) is 17.9. The van der Waals surface area contributed by atoms with E-state index in [4.69, 9.17) is 0 Å². The third-order valence-electron chi connectivity index (χ3n) is 4.52. The molecule has 0 nitrogen and oxygen atoms in total. The first-order valence-electron chi connectivity index (χ1n) is 8.51. The van der Waals surface area contributed by atoms with Crippen molar-refractivity contribution in [1.82, 2.24) is 0 Å². The van der Waals surface area contributed by atoms with E-state index < -0.39 is 12.0 Å². The molecule has 0 fully saturated rings. The molecule has 0 spiro atoms. The molecule has 4 heteroatoms. The first-order valence-corrected chi connectivity index (χ1v) is 8.51. The lowest BCUT2D eigenvalue weighted by Crippen LogP contribution is -2.01. The minimum Gasteiger partial charge on any atom is -0.205 e. The summed E-state index contributed by atoms with van der Waals surface area (Å²) in [6.07, 6.45) is 4.99. The summed E-state index contributed by atoms with van der Waals surface area (Å²) in [4.78, 5) is 0. The van der Waals surface area contributed by atoms with Crippen LogP contribution in [0.1, 0.15) is 37.3 Å². The van der Waals surface area contributed by atoms with E-state index in [0.29, 0.717) is 5.39 Å². The molecule has 0 aromatic heterocycles. The molecule has 0 N–H and O–H groups in total. The van der Waals surface area contributed by atoms with Crippen molar-refractivity contribution < 1.29 is 17.6 Å². The molecule has 1 aliphatic carbocycles.